The molecular formula is C13H11FN2O4. The first-order valence-electron chi connectivity index (χ1n) is 5.55. The Morgan fingerprint density at radius 1 is 1.30 bits per heavy atom. The number of halogens is 1. The number of methoxy groups -OCH3 is 2. The van der Waals surface area contributed by atoms with Crippen LogP contribution in [0.25, 0.3) is 11.3 Å². The highest BCUT2D eigenvalue weighted by Crippen LogP contribution is 2.27. The van der Waals surface area contributed by atoms with Crippen LogP contribution in [-0.2, 0) is 0 Å². The van der Waals surface area contributed by atoms with Crippen LogP contribution in [0.15, 0.2) is 24.4 Å². The van der Waals surface area contributed by atoms with Crippen molar-refractivity contribution in [1.82, 2.24) is 9.97 Å². The molecule has 20 heavy (non-hydrogen) atoms. The van der Waals surface area contributed by atoms with Crippen LogP contribution in [0.4, 0.5) is 4.39 Å². The normalized spacial score (nSPS) is 10.2. The number of aromatic carboxylic acids is 1. The van der Waals surface area contributed by atoms with Crippen molar-refractivity contribution in [1.29, 1.82) is 0 Å². The molecule has 0 radical (unpaired) electrons. The van der Waals surface area contributed by atoms with Crippen LogP contribution in [-0.4, -0.2) is 35.3 Å². The second kappa shape index (κ2) is 5.52. The lowest BCUT2D eigenvalue weighted by Gasteiger charge is -2.08. The Morgan fingerprint density at radius 3 is 2.55 bits per heavy atom. The summed E-state index contributed by atoms with van der Waals surface area (Å²) in [5.41, 5.74) is -0.133. The van der Waals surface area contributed by atoms with Gasteiger partial charge in [0.1, 0.15) is 5.69 Å². The lowest BCUT2D eigenvalue weighted by molar-refractivity contribution is 0.0686. The molecule has 0 spiro atoms. The molecule has 7 heteroatoms. The van der Waals surface area contributed by atoms with Crippen LogP contribution < -0.4 is 9.47 Å². The summed E-state index contributed by atoms with van der Waals surface area (Å²) in [7, 11) is 2.70. The van der Waals surface area contributed by atoms with E-state index in [0.717, 1.165) is 6.07 Å². The number of hydrogen-bond donors (Lipinski definition) is 1. The largest absolute Gasteiger partial charge is 0.494 e. The number of carbonyl (C=O) groups is 1. The van der Waals surface area contributed by atoms with Gasteiger partial charge in [0, 0.05) is 23.9 Å². The molecule has 0 aromatic carbocycles. The van der Waals surface area contributed by atoms with E-state index in [1.54, 1.807) is 0 Å². The average molecular weight is 278 g/mol. The Morgan fingerprint density at radius 2 is 2.05 bits per heavy atom. The minimum Gasteiger partial charge on any atom is -0.494 e. The first-order valence-corrected chi connectivity index (χ1v) is 5.55. The summed E-state index contributed by atoms with van der Waals surface area (Å²) in [6.45, 7) is 0. The maximum Gasteiger partial charge on any atom is 0.358 e. The number of carboxylic acid groups (broad SMARTS) is 1. The van der Waals surface area contributed by atoms with Gasteiger partial charge in [-0.25, -0.2) is 19.2 Å². The molecule has 0 fully saturated rings. The molecule has 0 aliphatic carbocycles. The summed E-state index contributed by atoms with van der Waals surface area (Å²) in [6, 6.07) is 4.05. The number of ether oxygens (including phenoxy) is 2. The minimum absolute atomic E-state index is 0.113. The fourth-order valence-electron chi connectivity index (χ4n) is 1.62. The van der Waals surface area contributed by atoms with Gasteiger partial charge in [0.15, 0.2) is 17.3 Å². The number of pyridine rings is 2. The number of carboxylic acids is 1. The second-order valence-corrected chi connectivity index (χ2v) is 3.76. The van der Waals surface area contributed by atoms with Gasteiger partial charge in [0.25, 0.3) is 0 Å². The van der Waals surface area contributed by atoms with Crippen molar-refractivity contribution in [2.45, 2.75) is 0 Å². The third-order valence-corrected chi connectivity index (χ3v) is 2.58. The summed E-state index contributed by atoms with van der Waals surface area (Å²) in [5.74, 6) is -1.77. The molecule has 0 saturated heterocycles. The highest BCUT2D eigenvalue weighted by molar-refractivity contribution is 5.89. The fraction of sp³-hybridized carbons (Fsp3) is 0.154. The quantitative estimate of drug-likeness (QED) is 0.921. The van der Waals surface area contributed by atoms with Gasteiger partial charge in [-0.3, -0.25) is 0 Å². The van der Waals surface area contributed by atoms with E-state index in [-0.39, 0.29) is 17.1 Å². The van der Waals surface area contributed by atoms with E-state index in [2.05, 4.69) is 9.97 Å². The molecule has 2 rings (SSSR count). The van der Waals surface area contributed by atoms with E-state index in [1.807, 2.05) is 0 Å². The van der Waals surface area contributed by atoms with Crippen LogP contribution in [0.1, 0.15) is 10.5 Å². The molecular weight excluding hydrogens is 267 g/mol. The van der Waals surface area contributed by atoms with Crippen LogP contribution >= 0.6 is 0 Å². The van der Waals surface area contributed by atoms with E-state index in [4.69, 9.17) is 14.6 Å². The van der Waals surface area contributed by atoms with Crippen molar-refractivity contribution in [2.75, 3.05) is 14.2 Å². The number of aromatic nitrogens is 2. The molecule has 0 saturated carbocycles. The van der Waals surface area contributed by atoms with Crippen LogP contribution in [0.3, 0.4) is 0 Å². The monoisotopic (exact) mass is 278 g/mol. The van der Waals surface area contributed by atoms with Crippen molar-refractivity contribution in [3.63, 3.8) is 0 Å². The second-order valence-electron chi connectivity index (χ2n) is 3.76. The van der Waals surface area contributed by atoms with Gasteiger partial charge in [-0.1, -0.05) is 0 Å². The molecule has 0 aliphatic heterocycles. The smallest absolute Gasteiger partial charge is 0.358 e. The maximum absolute atomic E-state index is 14.0. The highest BCUT2D eigenvalue weighted by atomic mass is 19.1. The molecule has 0 amide bonds. The minimum atomic E-state index is -1.30. The summed E-state index contributed by atoms with van der Waals surface area (Å²) in [5, 5.41) is 9.04. The molecule has 0 atom stereocenters. The molecule has 2 aromatic rings. The standard InChI is InChI=1S/C13H11FN2O4/c1-19-9-5-8(14)11(16-12(9)13(17)18)7-3-4-10(20-2)15-6-7/h3-6H,1-2H3,(H,17,18). The molecule has 1 N–H and O–H groups in total. The van der Waals surface area contributed by atoms with Gasteiger partial charge < -0.3 is 14.6 Å². The van der Waals surface area contributed by atoms with E-state index < -0.39 is 11.8 Å². The van der Waals surface area contributed by atoms with Gasteiger partial charge >= 0.3 is 5.97 Å². The van der Waals surface area contributed by atoms with E-state index >= 15 is 0 Å². The van der Waals surface area contributed by atoms with Crippen molar-refractivity contribution >= 4 is 5.97 Å². The van der Waals surface area contributed by atoms with E-state index in [0.29, 0.717) is 11.4 Å². The summed E-state index contributed by atoms with van der Waals surface area (Å²) in [6.07, 6.45) is 1.35. The van der Waals surface area contributed by atoms with Crippen LogP contribution in [0.2, 0.25) is 0 Å². The maximum atomic E-state index is 14.0. The molecule has 104 valence electrons. The van der Waals surface area contributed by atoms with Gasteiger partial charge in [0.05, 0.1) is 14.2 Å². The van der Waals surface area contributed by atoms with Crippen molar-refractivity contribution in [3.05, 3.63) is 35.9 Å². The first kappa shape index (κ1) is 13.7. The SMILES string of the molecule is COc1ccc(-c2nc(C(=O)O)c(OC)cc2F)cn1. The Labute approximate surface area is 113 Å². The van der Waals surface area contributed by atoms with Gasteiger partial charge in [-0.15, -0.1) is 0 Å². The topological polar surface area (TPSA) is 81.5 Å². The Hall–Kier alpha value is -2.70. The van der Waals surface area contributed by atoms with Crippen LogP contribution in [0, 0.1) is 5.82 Å². The lowest BCUT2D eigenvalue weighted by atomic mass is 10.1. The fourth-order valence-corrected chi connectivity index (χ4v) is 1.62. The third kappa shape index (κ3) is 2.51. The zero-order valence-corrected chi connectivity index (χ0v) is 10.8. The van der Waals surface area contributed by atoms with E-state index in [9.17, 15) is 9.18 Å². The predicted molar refractivity (Wildman–Crippen MR) is 67.5 cm³/mol. The zero-order chi connectivity index (χ0) is 14.7. The predicted octanol–water partition coefficient (Wildman–Crippen LogP) is 2.00. The molecule has 2 aromatic heterocycles. The van der Waals surface area contributed by atoms with E-state index in [1.165, 1.54) is 32.5 Å². The lowest BCUT2D eigenvalue weighted by Crippen LogP contribution is -2.06. The number of hydrogen-bond acceptors (Lipinski definition) is 5. The van der Waals surface area contributed by atoms with Crippen molar-refractivity contribution in [3.8, 4) is 22.9 Å². The molecule has 0 aliphatic rings. The zero-order valence-electron chi connectivity index (χ0n) is 10.8. The average Bonchev–Trinajstić information content (AvgIpc) is 2.46. The first-order chi connectivity index (χ1) is 9.56. The Bertz CT molecular complexity index is 644. The number of rotatable bonds is 4. The molecule has 0 bridgehead atoms. The third-order valence-electron chi connectivity index (χ3n) is 2.58. The van der Waals surface area contributed by atoms with Gasteiger partial charge in [0.2, 0.25) is 5.88 Å². The highest BCUT2D eigenvalue weighted by Gasteiger charge is 2.19. The summed E-state index contributed by atoms with van der Waals surface area (Å²) >= 11 is 0. The Kier molecular flexibility index (Phi) is 3.79. The summed E-state index contributed by atoms with van der Waals surface area (Å²) in [4.78, 5) is 18.8. The van der Waals surface area contributed by atoms with Gasteiger partial charge in [-0.05, 0) is 6.07 Å². The molecule has 6 nitrogen and oxygen atoms in total. The Balaban J connectivity index is 2.55. The van der Waals surface area contributed by atoms with Gasteiger partial charge in [-0.2, -0.15) is 0 Å². The van der Waals surface area contributed by atoms with Crippen molar-refractivity contribution < 1.29 is 23.8 Å². The summed E-state index contributed by atoms with van der Waals surface area (Å²) < 4.78 is 23.6. The number of nitrogens with zero attached hydrogens (tertiary/aromatic N) is 2. The van der Waals surface area contributed by atoms with Crippen molar-refractivity contribution in [2.24, 2.45) is 0 Å². The molecule has 0 unspecified atom stereocenters. The van der Waals surface area contributed by atoms with Crippen LogP contribution in [0.5, 0.6) is 11.6 Å². The molecule has 2 heterocycles.